The maximum atomic E-state index is 13.3. The van der Waals surface area contributed by atoms with Crippen LogP contribution >= 0.6 is 0 Å². The SMILES string of the molecule is O=C1CC(C(=O)N2CCC(c3nccn3Cc3nccn3Cc3ccccc3)CC2)c2ccccc21. The van der Waals surface area contributed by atoms with Crippen LogP contribution in [0.2, 0.25) is 0 Å². The molecule has 2 aliphatic rings. The molecule has 0 bridgehead atoms. The number of hydrogen-bond acceptors (Lipinski definition) is 4. The quantitative estimate of drug-likeness (QED) is 0.414. The van der Waals surface area contributed by atoms with E-state index in [0.717, 1.165) is 36.6 Å². The number of carbonyl (C=O) groups is 2. The minimum atomic E-state index is -0.337. The smallest absolute Gasteiger partial charge is 0.230 e. The van der Waals surface area contributed by atoms with Gasteiger partial charge in [0.05, 0.1) is 12.5 Å². The molecule has 0 saturated carbocycles. The van der Waals surface area contributed by atoms with Gasteiger partial charge in [-0.2, -0.15) is 0 Å². The van der Waals surface area contributed by atoms with Crippen molar-refractivity contribution in [1.82, 2.24) is 24.0 Å². The Morgan fingerprint density at radius 3 is 2.42 bits per heavy atom. The predicted molar refractivity (Wildman–Crippen MR) is 136 cm³/mol. The van der Waals surface area contributed by atoms with Gasteiger partial charge >= 0.3 is 0 Å². The number of nitrogens with zero attached hydrogens (tertiary/aromatic N) is 5. The zero-order valence-corrected chi connectivity index (χ0v) is 20.2. The fourth-order valence-corrected chi connectivity index (χ4v) is 5.64. The molecule has 1 aliphatic carbocycles. The molecule has 1 fully saturated rings. The van der Waals surface area contributed by atoms with Gasteiger partial charge in [0.2, 0.25) is 5.91 Å². The summed E-state index contributed by atoms with van der Waals surface area (Å²) in [5, 5.41) is 0. The standard InChI is InChI=1S/C29H29N5O2/c35-26-18-25(23-8-4-5-9-24(23)26)29(36)32-14-10-22(11-15-32)28-31-13-17-34(28)20-27-30-12-16-33(27)19-21-6-2-1-3-7-21/h1-9,12-13,16-17,22,25H,10-11,14-15,18-20H2. The lowest BCUT2D eigenvalue weighted by Crippen LogP contribution is -2.40. The third-order valence-electron chi connectivity index (χ3n) is 7.55. The molecule has 1 aliphatic heterocycles. The number of imidazole rings is 2. The molecule has 0 spiro atoms. The highest BCUT2D eigenvalue weighted by atomic mass is 16.2. The van der Waals surface area contributed by atoms with Crippen LogP contribution in [-0.2, 0) is 17.9 Å². The molecule has 1 amide bonds. The summed E-state index contributed by atoms with van der Waals surface area (Å²) in [6.45, 7) is 2.82. The number of amides is 1. The van der Waals surface area contributed by atoms with E-state index in [1.165, 1.54) is 5.56 Å². The van der Waals surface area contributed by atoms with Crippen molar-refractivity contribution in [3.8, 4) is 0 Å². The zero-order valence-electron chi connectivity index (χ0n) is 20.2. The summed E-state index contributed by atoms with van der Waals surface area (Å²) in [5.41, 5.74) is 2.83. The number of benzene rings is 2. The largest absolute Gasteiger partial charge is 0.342 e. The Balaban J connectivity index is 1.11. The lowest BCUT2D eigenvalue weighted by molar-refractivity contribution is -0.133. The second kappa shape index (κ2) is 9.57. The molecule has 1 atom stereocenters. The number of aromatic nitrogens is 4. The molecule has 182 valence electrons. The maximum Gasteiger partial charge on any atom is 0.230 e. The summed E-state index contributed by atoms with van der Waals surface area (Å²) in [4.78, 5) is 36.9. The van der Waals surface area contributed by atoms with Gasteiger partial charge in [0.15, 0.2) is 5.78 Å². The number of ketones is 1. The van der Waals surface area contributed by atoms with Crippen LogP contribution in [0.5, 0.6) is 0 Å². The number of fused-ring (bicyclic) bond motifs is 1. The van der Waals surface area contributed by atoms with E-state index in [0.29, 0.717) is 31.1 Å². The highest BCUT2D eigenvalue weighted by molar-refractivity contribution is 6.06. The van der Waals surface area contributed by atoms with E-state index in [9.17, 15) is 9.59 Å². The number of hydrogen-bond donors (Lipinski definition) is 0. The number of rotatable bonds is 6. The van der Waals surface area contributed by atoms with Crippen molar-refractivity contribution in [3.63, 3.8) is 0 Å². The summed E-state index contributed by atoms with van der Waals surface area (Å²) in [7, 11) is 0. The second-order valence-electron chi connectivity index (χ2n) is 9.74. The number of Topliss-reactive ketones (excluding diaryl/α,β-unsaturated/α-hetero) is 1. The van der Waals surface area contributed by atoms with Crippen LogP contribution in [0, 0.1) is 0 Å². The molecular formula is C29H29N5O2. The average molecular weight is 480 g/mol. The molecule has 4 aromatic rings. The van der Waals surface area contributed by atoms with Crippen molar-refractivity contribution in [2.24, 2.45) is 0 Å². The van der Waals surface area contributed by atoms with Gasteiger partial charge in [-0.15, -0.1) is 0 Å². The van der Waals surface area contributed by atoms with E-state index >= 15 is 0 Å². The zero-order chi connectivity index (χ0) is 24.5. The van der Waals surface area contributed by atoms with Crippen molar-refractivity contribution in [2.45, 2.75) is 44.2 Å². The molecule has 36 heavy (non-hydrogen) atoms. The highest BCUT2D eigenvalue weighted by Crippen LogP contribution is 2.36. The minimum Gasteiger partial charge on any atom is -0.342 e. The molecular weight excluding hydrogens is 450 g/mol. The molecule has 0 radical (unpaired) electrons. The third-order valence-corrected chi connectivity index (χ3v) is 7.55. The molecule has 6 rings (SSSR count). The average Bonchev–Trinajstić information content (AvgIpc) is 3.65. The van der Waals surface area contributed by atoms with Gasteiger partial charge in [0.1, 0.15) is 11.6 Å². The molecule has 2 aromatic heterocycles. The lowest BCUT2D eigenvalue weighted by atomic mass is 9.93. The number of carbonyl (C=O) groups excluding carboxylic acids is 2. The van der Waals surface area contributed by atoms with Crippen LogP contribution < -0.4 is 0 Å². The molecule has 2 aromatic carbocycles. The first kappa shape index (κ1) is 22.5. The number of piperidine rings is 1. The van der Waals surface area contributed by atoms with E-state index in [4.69, 9.17) is 4.98 Å². The first-order valence-electron chi connectivity index (χ1n) is 12.6. The Morgan fingerprint density at radius 2 is 1.58 bits per heavy atom. The van der Waals surface area contributed by atoms with Crippen molar-refractivity contribution >= 4 is 11.7 Å². The van der Waals surface area contributed by atoms with Crippen molar-refractivity contribution < 1.29 is 9.59 Å². The fourth-order valence-electron chi connectivity index (χ4n) is 5.64. The molecule has 7 nitrogen and oxygen atoms in total. The van der Waals surface area contributed by atoms with Crippen LogP contribution in [-0.4, -0.2) is 48.8 Å². The molecule has 7 heteroatoms. The Kier molecular flexibility index (Phi) is 5.97. The van der Waals surface area contributed by atoms with Gasteiger partial charge in [0.25, 0.3) is 0 Å². The predicted octanol–water partition coefficient (Wildman–Crippen LogP) is 4.25. The van der Waals surface area contributed by atoms with Gasteiger partial charge in [-0.05, 0) is 24.0 Å². The Morgan fingerprint density at radius 1 is 0.861 bits per heavy atom. The second-order valence-corrected chi connectivity index (χ2v) is 9.74. The van der Waals surface area contributed by atoms with Gasteiger partial charge in [0, 0.05) is 62.3 Å². The van der Waals surface area contributed by atoms with Crippen molar-refractivity contribution in [3.05, 3.63) is 108 Å². The molecule has 3 heterocycles. The van der Waals surface area contributed by atoms with Gasteiger partial charge < -0.3 is 14.0 Å². The first-order valence-corrected chi connectivity index (χ1v) is 12.6. The molecule has 1 saturated heterocycles. The van der Waals surface area contributed by atoms with E-state index in [1.807, 2.05) is 60.0 Å². The van der Waals surface area contributed by atoms with Crippen LogP contribution in [0.15, 0.2) is 79.4 Å². The van der Waals surface area contributed by atoms with Crippen LogP contribution in [0.3, 0.4) is 0 Å². The maximum absolute atomic E-state index is 13.3. The van der Waals surface area contributed by atoms with Gasteiger partial charge in [-0.1, -0.05) is 54.6 Å². The summed E-state index contributed by atoms with van der Waals surface area (Å²) in [6.07, 6.45) is 9.78. The Bertz CT molecular complexity index is 1380. The Labute approximate surface area is 210 Å². The third kappa shape index (κ3) is 4.26. The van der Waals surface area contributed by atoms with Gasteiger partial charge in [-0.25, -0.2) is 9.97 Å². The van der Waals surface area contributed by atoms with Gasteiger partial charge in [-0.3, -0.25) is 9.59 Å². The normalized spacial score (nSPS) is 17.9. The minimum absolute atomic E-state index is 0.0755. The summed E-state index contributed by atoms with van der Waals surface area (Å²) >= 11 is 0. The summed E-state index contributed by atoms with van der Waals surface area (Å²) < 4.78 is 4.37. The first-order chi connectivity index (χ1) is 17.7. The topological polar surface area (TPSA) is 73.0 Å². The fraction of sp³-hybridized carbons (Fsp3) is 0.310. The van der Waals surface area contributed by atoms with Crippen molar-refractivity contribution in [2.75, 3.05) is 13.1 Å². The summed E-state index contributed by atoms with van der Waals surface area (Å²) in [6, 6.07) is 17.9. The van der Waals surface area contributed by atoms with E-state index in [1.54, 1.807) is 0 Å². The molecule has 0 N–H and O–H groups in total. The van der Waals surface area contributed by atoms with Crippen LogP contribution in [0.4, 0.5) is 0 Å². The summed E-state index contributed by atoms with van der Waals surface area (Å²) in [5.74, 6) is 2.16. The van der Waals surface area contributed by atoms with Crippen LogP contribution in [0.1, 0.15) is 64.2 Å². The van der Waals surface area contributed by atoms with Crippen molar-refractivity contribution in [1.29, 1.82) is 0 Å². The highest BCUT2D eigenvalue weighted by Gasteiger charge is 2.37. The van der Waals surface area contributed by atoms with E-state index < -0.39 is 0 Å². The van der Waals surface area contributed by atoms with Crippen LogP contribution in [0.25, 0.3) is 0 Å². The lowest BCUT2D eigenvalue weighted by Gasteiger charge is -2.33. The Hall–Kier alpha value is -4.00. The number of likely N-dealkylation sites (tertiary alicyclic amines) is 1. The molecule has 1 unspecified atom stereocenters. The van der Waals surface area contributed by atoms with E-state index in [-0.39, 0.29) is 24.0 Å². The monoisotopic (exact) mass is 479 g/mol. The van der Waals surface area contributed by atoms with E-state index in [2.05, 4.69) is 38.4 Å².